The fourth-order valence-electron chi connectivity index (χ4n) is 1.30. The van der Waals surface area contributed by atoms with Crippen molar-refractivity contribution in [2.24, 2.45) is 0 Å². The Hall–Kier alpha value is -1.77. The average Bonchev–Trinajstić information content (AvgIpc) is 2.18. The highest BCUT2D eigenvalue weighted by molar-refractivity contribution is 6.03. The fourth-order valence-corrected chi connectivity index (χ4v) is 1.30. The Bertz CT molecular complexity index is 382. The fraction of sp³-hybridized carbons (Fsp3) is 0.100. The standard InChI is InChI=1S/C10H10N2O/c1-2-9-11-8-6-4-3-5-7(8)10(13)12-9/h2-6,11H,1H3,(H,12,13). The molecule has 3 heteroatoms. The molecule has 1 aromatic rings. The summed E-state index contributed by atoms with van der Waals surface area (Å²) in [5.74, 6) is 0.686. The van der Waals surface area contributed by atoms with Crippen LogP contribution in [-0.4, -0.2) is 5.91 Å². The Labute approximate surface area is 76.5 Å². The van der Waals surface area contributed by atoms with Crippen molar-refractivity contribution in [2.75, 3.05) is 5.32 Å². The Morgan fingerprint density at radius 2 is 2.00 bits per heavy atom. The van der Waals surface area contributed by atoms with Crippen molar-refractivity contribution in [1.82, 2.24) is 5.32 Å². The summed E-state index contributed by atoms with van der Waals surface area (Å²) < 4.78 is 0. The number of para-hydroxylation sites is 1. The van der Waals surface area contributed by atoms with Crippen LogP contribution in [0.1, 0.15) is 17.3 Å². The van der Waals surface area contributed by atoms with E-state index in [0.717, 1.165) is 11.5 Å². The minimum Gasteiger partial charge on any atom is -0.341 e. The van der Waals surface area contributed by atoms with Crippen molar-refractivity contribution < 1.29 is 4.79 Å². The molecule has 0 spiro atoms. The second-order valence-corrected chi connectivity index (χ2v) is 2.83. The van der Waals surface area contributed by atoms with E-state index in [2.05, 4.69) is 10.6 Å². The molecule has 0 fully saturated rings. The smallest absolute Gasteiger partial charge is 0.258 e. The van der Waals surface area contributed by atoms with Crippen LogP contribution in [0.3, 0.4) is 0 Å². The number of hydrogen-bond donors (Lipinski definition) is 2. The maximum Gasteiger partial charge on any atom is 0.258 e. The van der Waals surface area contributed by atoms with Gasteiger partial charge in [-0.05, 0) is 25.1 Å². The van der Waals surface area contributed by atoms with E-state index in [1.165, 1.54) is 0 Å². The number of allylic oxidation sites excluding steroid dienone is 1. The summed E-state index contributed by atoms with van der Waals surface area (Å²) in [5, 5.41) is 5.84. The van der Waals surface area contributed by atoms with Gasteiger partial charge in [-0.25, -0.2) is 0 Å². The van der Waals surface area contributed by atoms with Gasteiger partial charge in [-0.1, -0.05) is 12.1 Å². The molecule has 0 aliphatic carbocycles. The first-order valence-electron chi connectivity index (χ1n) is 4.15. The van der Waals surface area contributed by atoms with Gasteiger partial charge in [0.2, 0.25) is 0 Å². The Morgan fingerprint density at radius 3 is 2.77 bits per heavy atom. The lowest BCUT2D eigenvalue weighted by Crippen LogP contribution is -2.32. The van der Waals surface area contributed by atoms with Crippen molar-refractivity contribution in [3.8, 4) is 0 Å². The van der Waals surface area contributed by atoms with Crippen molar-refractivity contribution in [3.05, 3.63) is 41.7 Å². The second-order valence-electron chi connectivity index (χ2n) is 2.83. The topological polar surface area (TPSA) is 41.1 Å². The van der Waals surface area contributed by atoms with Crippen LogP contribution < -0.4 is 10.6 Å². The first kappa shape index (κ1) is 7.86. The molecule has 13 heavy (non-hydrogen) atoms. The van der Waals surface area contributed by atoms with Gasteiger partial charge < -0.3 is 10.6 Å². The van der Waals surface area contributed by atoms with Crippen molar-refractivity contribution in [3.63, 3.8) is 0 Å². The molecule has 0 radical (unpaired) electrons. The van der Waals surface area contributed by atoms with Crippen molar-refractivity contribution in [2.45, 2.75) is 6.92 Å². The molecule has 3 nitrogen and oxygen atoms in total. The van der Waals surface area contributed by atoms with Gasteiger partial charge in [0.1, 0.15) is 5.82 Å². The van der Waals surface area contributed by atoms with E-state index in [9.17, 15) is 4.79 Å². The maximum absolute atomic E-state index is 11.5. The number of anilines is 1. The number of hydrogen-bond acceptors (Lipinski definition) is 2. The van der Waals surface area contributed by atoms with Gasteiger partial charge >= 0.3 is 0 Å². The molecule has 0 aromatic heterocycles. The van der Waals surface area contributed by atoms with E-state index in [4.69, 9.17) is 0 Å². The molecular weight excluding hydrogens is 164 g/mol. The number of rotatable bonds is 0. The summed E-state index contributed by atoms with van der Waals surface area (Å²) in [7, 11) is 0. The first-order valence-corrected chi connectivity index (χ1v) is 4.15. The number of fused-ring (bicyclic) bond motifs is 1. The number of carbonyl (C=O) groups is 1. The van der Waals surface area contributed by atoms with Gasteiger partial charge in [0, 0.05) is 0 Å². The summed E-state index contributed by atoms with van der Waals surface area (Å²) in [4.78, 5) is 11.5. The lowest BCUT2D eigenvalue weighted by atomic mass is 10.1. The molecule has 1 heterocycles. The zero-order valence-electron chi connectivity index (χ0n) is 7.29. The van der Waals surface area contributed by atoms with Gasteiger partial charge in [0.05, 0.1) is 11.3 Å². The summed E-state index contributed by atoms with van der Waals surface area (Å²) >= 11 is 0. The molecule has 0 unspecified atom stereocenters. The van der Waals surface area contributed by atoms with E-state index in [1.54, 1.807) is 6.07 Å². The molecule has 2 rings (SSSR count). The van der Waals surface area contributed by atoms with Gasteiger partial charge in [-0.2, -0.15) is 0 Å². The van der Waals surface area contributed by atoms with Gasteiger partial charge in [-0.15, -0.1) is 0 Å². The van der Waals surface area contributed by atoms with Crippen LogP contribution in [0.2, 0.25) is 0 Å². The van der Waals surface area contributed by atoms with Crippen LogP contribution in [0.4, 0.5) is 5.69 Å². The third-order valence-corrected chi connectivity index (χ3v) is 1.98. The number of carbonyl (C=O) groups excluding carboxylic acids is 1. The molecule has 0 saturated heterocycles. The van der Waals surface area contributed by atoms with Gasteiger partial charge in [0.15, 0.2) is 0 Å². The summed E-state index contributed by atoms with van der Waals surface area (Å²) in [6.07, 6.45) is 1.83. The van der Waals surface area contributed by atoms with E-state index in [1.807, 2.05) is 31.2 Å². The second kappa shape index (κ2) is 2.94. The minimum atomic E-state index is -0.0533. The van der Waals surface area contributed by atoms with Crippen LogP contribution in [0.15, 0.2) is 36.2 Å². The minimum absolute atomic E-state index is 0.0533. The molecule has 0 atom stereocenters. The predicted octanol–water partition coefficient (Wildman–Crippen LogP) is 1.70. The van der Waals surface area contributed by atoms with Crippen LogP contribution >= 0.6 is 0 Å². The van der Waals surface area contributed by atoms with Gasteiger partial charge in [0.25, 0.3) is 5.91 Å². The number of nitrogens with one attached hydrogen (secondary N) is 2. The largest absolute Gasteiger partial charge is 0.341 e. The van der Waals surface area contributed by atoms with Crippen molar-refractivity contribution in [1.29, 1.82) is 0 Å². The summed E-state index contributed by atoms with van der Waals surface area (Å²) in [5.41, 5.74) is 1.55. The zero-order chi connectivity index (χ0) is 9.26. The lowest BCUT2D eigenvalue weighted by molar-refractivity contribution is 0.0964. The molecule has 1 aliphatic heterocycles. The molecule has 0 bridgehead atoms. The maximum atomic E-state index is 11.5. The quantitative estimate of drug-likeness (QED) is 0.628. The number of amides is 1. The molecular formula is C10H10N2O. The highest BCUT2D eigenvalue weighted by Crippen LogP contribution is 2.20. The highest BCUT2D eigenvalue weighted by atomic mass is 16.1. The molecule has 66 valence electrons. The highest BCUT2D eigenvalue weighted by Gasteiger charge is 2.17. The Kier molecular flexibility index (Phi) is 1.77. The molecule has 0 saturated carbocycles. The normalized spacial score (nSPS) is 17.6. The summed E-state index contributed by atoms with van der Waals surface area (Å²) in [6, 6.07) is 7.43. The summed E-state index contributed by atoms with van der Waals surface area (Å²) in [6.45, 7) is 1.87. The molecule has 2 N–H and O–H groups in total. The van der Waals surface area contributed by atoms with Crippen LogP contribution in [0.25, 0.3) is 0 Å². The Balaban J connectivity index is 2.48. The van der Waals surface area contributed by atoms with Crippen molar-refractivity contribution >= 4 is 11.6 Å². The van der Waals surface area contributed by atoms with E-state index in [-0.39, 0.29) is 5.91 Å². The third kappa shape index (κ3) is 1.28. The van der Waals surface area contributed by atoms with E-state index in [0.29, 0.717) is 5.56 Å². The molecule has 1 amide bonds. The van der Waals surface area contributed by atoms with Gasteiger partial charge in [-0.3, -0.25) is 4.79 Å². The first-order chi connectivity index (χ1) is 6.31. The zero-order valence-corrected chi connectivity index (χ0v) is 7.29. The lowest BCUT2D eigenvalue weighted by Gasteiger charge is -2.20. The van der Waals surface area contributed by atoms with Crippen LogP contribution in [-0.2, 0) is 0 Å². The van der Waals surface area contributed by atoms with Crippen LogP contribution in [0.5, 0.6) is 0 Å². The number of benzene rings is 1. The SMILES string of the molecule is CC=C1NC(=O)c2ccccc2N1. The Morgan fingerprint density at radius 1 is 1.23 bits per heavy atom. The van der Waals surface area contributed by atoms with E-state index < -0.39 is 0 Å². The molecule has 1 aliphatic rings. The van der Waals surface area contributed by atoms with E-state index >= 15 is 0 Å². The third-order valence-electron chi connectivity index (χ3n) is 1.98. The monoisotopic (exact) mass is 174 g/mol. The average molecular weight is 174 g/mol. The molecule has 1 aromatic carbocycles. The predicted molar refractivity (Wildman–Crippen MR) is 51.3 cm³/mol. The van der Waals surface area contributed by atoms with Crippen LogP contribution in [0, 0.1) is 0 Å².